The molecule has 2 amide bonds. The molecule has 3 atom stereocenters. The maximum Gasteiger partial charge on any atom is 0.325 e. The standard InChI is InChI=1S/C33H36N4O6S2/c1-3-41-30(39)18-35-32(40)34-17-23-6-4-7-25(14-23)26-8-5-9-27(15-26)31-42-28(20-44-33-37-36-21(2)45-33)16-29(43-31)24-12-10-22(19-38)11-13-24/h4-15,28-29,31,38H,3,16-20H2,1-2H3,(H2,34,35,40). The number of nitrogens with one attached hydrogen (secondary N) is 2. The first-order valence-electron chi connectivity index (χ1n) is 14.7. The monoisotopic (exact) mass is 648 g/mol. The van der Waals surface area contributed by atoms with Crippen LogP contribution in [0.4, 0.5) is 4.79 Å². The van der Waals surface area contributed by atoms with Crippen LogP contribution in [0.15, 0.2) is 77.1 Å². The highest BCUT2D eigenvalue weighted by atomic mass is 32.2. The first kappa shape index (κ1) is 32.6. The second-order valence-corrected chi connectivity index (χ2v) is 12.9. The van der Waals surface area contributed by atoms with Crippen molar-refractivity contribution >= 4 is 35.1 Å². The Kier molecular flexibility index (Phi) is 11.6. The van der Waals surface area contributed by atoms with Crippen LogP contribution in [0.1, 0.15) is 53.0 Å². The molecular weight excluding hydrogens is 613 g/mol. The van der Waals surface area contributed by atoms with Gasteiger partial charge in [-0.05, 0) is 53.8 Å². The van der Waals surface area contributed by atoms with Crippen molar-refractivity contribution in [1.29, 1.82) is 0 Å². The molecule has 236 valence electrons. The molecule has 1 aliphatic rings. The Balaban J connectivity index is 1.29. The van der Waals surface area contributed by atoms with Crippen LogP contribution in [0.25, 0.3) is 11.1 Å². The first-order chi connectivity index (χ1) is 21.9. The van der Waals surface area contributed by atoms with Crippen molar-refractivity contribution < 1.29 is 28.9 Å². The predicted molar refractivity (Wildman–Crippen MR) is 173 cm³/mol. The molecular formula is C33H36N4O6S2. The maximum atomic E-state index is 12.1. The largest absolute Gasteiger partial charge is 0.465 e. The number of aliphatic hydroxyl groups is 1. The van der Waals surface area contributed by atoms with Crippen LogP contribution in [-0.4, -0.2) is 52.3 Å². The Hall–Kier alpha value is -3.81. The van der Waals surface area contributed by atoms with Crippen molar-refractivity contribution in [1.82, 2.24) is 20.8 Å². The number of amides is 2. The Morgan fingerprint density at radius 2 is 1.76 bits per heavy atom. The van der Waals surface area contributed by atoms with Gasteiger partial charge in [-0.1, -0.05) is 83.8 Å². The van der Waals surface area contributed by atoms with Gasteiger partial charge in [0.1, 0.15) is 11.6 Å². The van der Waals surface area contributed by atoms with Crippen molar-refractivity contribution in [2.24, 2.45) is 0 Å². The quantitative estimate of drug-likeness (QED) is 0.131. The Morgan fingerprint density at radius 1 is 0.978 bits per heavy atom. The van der Waals surface area contributed by atoms with Crippen LogP contribution in [0, 0.1) is 6.92 Å². The lowest BCUT2D eigenvalue weighted by molar-refractivity contribution is -0.245. The summed E-state index contributed by atoms with van der Waals surface area (Å²) < 4.78 is 18.8. The zero-order valence-electron chi connectivity index (χ0n) is 25.1. The summed E-state index contributed by atoms with van der Waals surface area (Å²) >= 11 is 3.21. The van der Waals surface area contributed by atoms with Crippen molar-refractivity contribution in [2.75, 3.05) is 18.9 Å². The molecule has 12 heteroatoms. The minimum Gasteiger partial charge on any atom is -0.465 e. The number of hydrogen-bond donors (Lipinski definition) is 3. The van der Waals surface area contributed by atoms with E-state index in [0.29, 0.717) is 18.7 Å². The van der Waals surface area contributed by atoms with Gasteiger partial charge in [0.05, 0.1) is 25.4 Å². The number of aliphatic hydroxyl groups excluding tert-OH is 1. The molecule has 4 aromatic rings. The fraction of sp³-hybridized carbons (Fsp3) is 0.333. The van der Waals surface area contributed by atoms with Gasteiger partial charge in [0.15, 0.2) is 10.6 Å². The molecule has 2 heterocycles. The Labute approximate surface area is 270 Å². The number of rotatable bonds is 12. The van der Waals surface area contributed by atoms with Gasteiger partial charge in [0.2, 0.25) is 0 Å². The third-order valence-corrected chi connectivity index (χ3v) is 9.19. The fourth-order valence-corrected chi connectivity index (χ4v) is 6.72. The number of aryl methyl sites for hydroxylation is 1. The van der Waals surface area contributed by atoms with Crippen LogP contribution >= 0.6 is 23.1 Å². The number of ether oxygens (including phenoxy) is 3. The number of benzene rings is 3. The second kappa shape index (κ2) is 16.0. The molecule has 0 aliphatic carbocycles. The molecule has 1 aliphatic heterocycles. The summed E-state index contributed by atoms with van der Waals surface area (Å²) in [6, 6.07) is 23.4. The topological polar surface area (TPSA) is 132 Å². The summed E-state index contributed by atoms with van der Waals surface area (Å²) in [5.41, 5.74) is 5.65. The van der Waals surface area contributed by atoms with E-state index in [-0.39, 0.29) is 32.0 Å². The number of hydrogen-bond acceptors (Lipinski definition) is 10. The number of thioether (sulfide) groups is 1. The number of carbonyl (C=O) groups is 2. The summed E-state index contributed by atoms with van der Waals surface area (Å²) in [7, 11) is 0. The lowest BCUT2D eigenvalue weighted by atomic mass is 9.99. The lowest BCUT2D eigenvalue weighted by Crippen LogP contribution is -2.38. The maximum absolute atomic E-state index is 12.1. The third kappa shape index (κ3) is 9.35. The molecule has 0 radical (unpaired) electrons. The number of urea groups is 1. The molecule has 10 nitrogen and oxygen atoms in total. The van der Waals surface area contributed by atoms with E-state index in [1.807, 2.05) is 73.7 Å². The predicted octanol–water partition coefficient (Wildman–Crippen LogP) is 5.71. The van der Waals surface area contributed by atoms with E-state index in [1.54, 1.807) is 30.0 Å². The third-order valence-electron chi connectivity index (χ3n) is 7.09. The smallest absolute Gasteiger partial charge is 0.325 e. The van der Waals surface area contributed by atoms with Gasteiger partial charge in [0.25, 0.3) is 0 Å². The molecule has 1 saturated heterocycles. The zero-order chi connectivity index (χ0) is 31.6. The normalized spacial score (nSPS) is 17.9. The van der Waals surface area contributed by atoms with Crippen LogP contribution in [0.2, 0.25) is 0 Å². The summed E-state index contributed by atoms with van der Waals surface area (Å²) in [4.78, 5) is 23.6. The summed E-state index contributed by atoms with van der Waals surface area (Å²) in [5, 5.41) is 24.1. The van der Waals surface area contributed by atoms with Crippen LogP contribution in [0.5, 0.6) is 0 Å². The Bertz CT molecular complexity index is 1580. The Morgan fingerprint density at radius 3 is 2.49 bits per heavy atom. The fourth-order valence-electron chi connectivity index (χ4n) is 4.86. The van der Waals surface area contributed by atoms with Crippen LogP contribution in [0.3, 0.4) is 0 Å². The zero-order valence-corrected chi connectivity index (χ0v) is 26.7. The van der Waals surface area contributed by atoms with Gasteiger partial charge in [-0.15, -0.1) is 10.2 Å². The van der Waals surface area contributed by atoms with Gasteiger partial charge < -0.3 is 30.0 Å². The van der Waals surface area contributed by atoms with Crippen molar-refractivity contribution in [3.05, 3.63) is 100 Å². The first-order valence-corrected chi connectivity index (χ1v) is 16.5. The van der Waals surface area contributed by atoms with Crippen LogP contribution in [-0.2, 0) is 32.2 Å². The SMILES string of the molecule is CCOC(=O)CNC(=O)NCc1cccc(-c2cccc(C3OC(CSc4nnc(C)s4)CC(c4ccc(CO)cc4)O3)c2)c1. The van der Waals surface area contributed by atoms with E-state index in [9.17, 15) is 14.7 Å². The van der Waals surface area contributed by atoms with E-state index in [4.69, 9.17) is 14.2 Å². The molecule has 1 fully saturated rings. The van der Waals surface area contributed by atoms with Gasteiger partial charge >= 0.3 is 12.0 Å². The number of carbonyl (C=O) groups excluding carboxylic acids is 2. The average Bonchev–Trinajstić information content (AvgIpc) is 3.50. The average molecular weight is 649 g/mol. The number of esters is 1. The minimum absolute atomic E-state index is 0.00912. The van der Waals surface area contributed by atoms with E-state index in [0.717, 1.165) is 42.7 Å². The summed E-state index contributed by atoms with van der Waals surface area (Å²) in [5.74, 6) is 0.227. The van der Waals surface area contributed by atoms with Gasteiger partial charge in [-0.2, -0.15) is 0 Å². The lowest BCUT2D eigenvalue weighted by Gasteiger charge is -2.36. The van der Waals surface area contributed by atoms with Gasteiger partial charge in [0, 0.05) is 24.3 Å². The van der Waals surface area contributed by atoms with E-state index < -0.39 is 18.3 Å². The molecule has 45 heavy (non-hydrogen) atoms. The van der Waals surface area contributed by atoms with Crippen molar-refractivity contribution in [3.8, 4) is 11.1 Å². The molecule has 3 aromatic carbocycles. The molecule has 1 aromatic heterocycles. The van der Waals surface area contributed by atoms with E-state index in [2.05, 4.69) is 26.9 Å². The molecule has 3 N–H and O–H groups in total. The van der Waals surface area contributed by atoms with Gasteiger partial charge in [-0.3, -0.25) is 4.79 Å². The second-order valence-electron chi connectivity index (χ2n) is 10.4. The van der Waals surface area contributed by atoms with Gasteiger partial charge in [-0.25, -0.2) is 4.79 Å². The molecule has 0 bridgehead atoms. The highest BCUT2D eigenvalue weighted by molar-refractivity contribution is 8.01. The van der Waals surface area contributed by atoms with E-state index >= 15 is 0 Å². The molecule has 0 spiro atoms. The van der Waals surface area contributed by atoms with E-state index in [1.165, 1.54) is 0 Å². The van der Waals surface area contributed by atoms with Crippen molar-refractivity contribution in [3.63, 3.8) is 0 Å². The molecule has 0 saturated carbocycles. The summed E-state index contributed by atoms with van der Waals surface area (Å²) in [6.07, 6.45) is -0.183. The molecule has 5 rings (SSSR count). The highest BCUT2D eigenvalue weighted by Gasteiger charge is 2.32. The van der Waals surface area contributed by atoms with Crippen LogP contribution < -0.4 is 10.6 Å². The number of nitrogens with zero attached hydrogens (tertiary/aromatic N) is 2. The minimum atomic E-state index is -0.587. The molecule has 3 unspecified atom stereocenters. The van der Waals surface area contributed by atoms with Crippen molar-refractivity contribution in [2.45, 2.75) is 56.3 Å². The summed E-state index contributed by atoms with van der Waals surface area (Å²) in [6.45, 7) is 4.02. The number of aromatic nitrogens is 2. The highest BCUT2D eigenvalue weighted by Crippen LogP contribution is 2.40.